The van der Waals surface area contributed by atoms with Gasteiger partial charge in [-0.05, 0) is 48.9 Å². The van der Waals surface area contributed by atoms with E-state index in [0.717, 1.165) is 5.56 Å². The number of carbonyl (C=O) groups is 1. The maximum Gasteiger partial charge on any atom is 0.262 e. The lowest BCUT2D eigenvalue weighted by molar-refractivity contribution is -0.118. The van der Waals surface area contributed by atoms with Crippen molar-refractivity contribution in [2.24, 2.45) is 5.14 Å². The molecular weight excluding hydrogens is 378 g/mol. The predicted molar refractivity (Wildman–Crippen MR) is 102 cm³/mol. The van der Waals surface area contributed by atoms with Gasteiger partial charge in [-0.25, -0.2) is 13.6 Å². The quantitative estimate of drug-likeness (QED) is 0.779. The fourth-order valence-corrected chi connectivity index (χ4v) is 3.05. The van der Waals surface area contributed by atoms with Crippen molar-refractivity contribution in [1.29, 1.82) is 0 Å². The summed E-state index contributed by atoms with van der Waals surface area (Å²) in [7, 11) is -0.336. The van der Waals surface area contributed by atoms with E-state index in [0.29, 0.717) is 22.1 Å². The highest BCUT2D eigenvalue weighted by atomic mass is 35.5. The van der Waals surface area contributed by atoms with Crippen LogP contribution in [0.1, 0.15) is 5.56 Å². The summed E-state index contributed by atoms with van der Waals surface area (Å²) in [5.74, 6) is 0.102. The molecule has 7 nitrogen and oxygen atoms in total. The number of ether oxygens (including phenoxy) is 1. The van der Waals surface area contributed by atoms with Gasteiger partial charge in [0.2, 0.25) is 10.0 Å². The van der Waals surface area contributed by atoms with Gasteiger partial charge < -0.3 is 15.0 Å². The summed E-state index contributed by atoms with van der Waals surface area (Å²) in [5, 5.41) is 8.39. The number of carbonyl (C=O) groups excluding carboxylic acids is 1. The van der Waals surface area contributed by atoms with Crippen LogP contribution in [0.2, 0.25) is 5.02 Å². The zero-order valence-electron chi connectivity index (χ0n) is 14.6. The summed E-state index contributed by atoms with van der Waals surface area (Å²) in [6.07, 6.45) is 0. The summed E-state index contributed by atoms with van der Waals surface area (Å²) >= 11 is 5.89. The molecule has 0 aliphatic rings. The highest BCUT2D eigenvalue weighted by molar-refractivity contribution is 7.89. The minimum Gasteiger partial charge on any atom is -0.483 e. The van der Waals surface area contributed by atoms with Gasteiger partial charge >= 0.3 is 0 Å². The molecule has 9 heteroatoms. The Balaban J connectivity index is 2.16. The van der Waals surface area contributed by atoms with Crippen molar-refractivity contribution in [2.45, 2.75) is 11.8 Å². The van der Waals surface area contributed by atoms with E-state index >= 15 is 0 Å². The molecule has 0 aliphatic heterocycles. The molecule has 0 heterocycles. The summed E-state index contributed by atoms with van der Waals surface area (Å²) < 4.78 is 28.6. The third-order valence-electron chi connectivity index (χ3n) is 3.55. The molecule has 0 aromatic heterocycles. The van der Waals surface area contributed by atoms with Gasteiger partial charge in [0.25, 0.3) is 5.91 Å². The van der Waals surface area contributed by atoms with Crippen LogP contribution in [-0.4, -0.2) is 35.0 Å². The first kappa shape index (κ1) is 20.0. The standard InChI is InChI=1S/C17H20ClN3O4S/c1-11-8-12(18)4-7-16(11)25-10-17(22)20-14-9-13(26(19,23)24)5-6-15(14)21(2)3/h4-9H,10H2,1-3H3,(H,20,22)(H2,19,23,24). The average Bonchev–Trinajstić information content (AvgIpc) is 2.52. The van der Waals surface area contributed by atoms with Crippen molar-refractivity contribution < 1.29 is 17.9 Å². The summed E-state index contributed by atoms with van der Waals surface area (Å²) in [5.41, 5.74) is 1.76. The largest absolute Gasteiger partial charge is 0.483 e. The Kier molecular flexibility index (Phi) is 6.12. The fraction of sp³-hybridized carbons (Fsp3) is 0.235. The number of nitrogens with one attached hydrogen (secondary N) is 1. The van der Waals surface area contributed by atoms with E-state index < -0.39 is 15.9 Å². The third kappa shape index (κ3) is 5.10. The van der Waals surface area contributed by atoms with Crippen LogP contribution in [0.3, 0.4) is 0 Å². The van der Waals surface area contributed by atoms with E-state index in [1.807, 2.05) is 6.92 Å². The smallest absolute Gasteiger partial charge is 0.262 e. The van der Waals surface area contributed by atoms with E-state index in [4.69, 9.17) is 21.5 Å². The maximum absolute atomic E-state index is 12.2. The average molecular weight is 398 g/mol. The molecule has 2 rings (SSSR count). The van der Waals surface area contributed by atoms with Gasteiger partial charge in [-0.1, -0.05) is 11.6 Å². The topological polar surface area (TPSA) is 102 Å². The van der Waals surface area contributed by atoms with Gasteiger partial charge in [0.05, 0.1) is 16.3 Å². The second-order valence-corrected chi connectivity index (χ2v) is 7.86. The summed E-state index contributed by atoms with van der Waals surface area (Å²) in [6, 6.07) is 9.34. The molecule has 0 radical (unpaired) electrons. The Morgan fingerprint density at radius 1 is 1.23 bits per heavy atom. The van der Waals surface area contributed by atoms with Gasteiger partial charge in [0.15, 0.2) is 6.61 Å². The van der Waals surface area contributed by atoms with Crippen LogP contribution in [0.4, 0.5) is 11.4 Å². The number of anilines is 2. The van der Waals surface area contributed by atoms with Crippen molar-refractivity contribution in [1.82, 2.24) is 0 Å². The van der Waals surface area contributed by atoms with Crippen LogP contribution in [0, 0.1) is 6.92 Å². The Labute approximate surface area is 157 Å². The highest BCUT2D eigenvalue weighted by Gasteiger charge is 2.15. The zero-order chi connectivity index (χ0) is 19.5. The van der Waals surface area contributed by atoms with Gasteiger partial charge in [-0.3, -0.25) is 4.79 Å². The highest BCUT2D eigenvalue weighted by Crippen LogP contribution is 2.27. The van der Waals surface area contributed by atoms with Crippen LogP contribution >= 0.6 is 11.6 Å². The number of primary sulfonamides is 1. The van der Waals surface area contributed by atoms with Crippen LogP contribution in [0.15, 0.2) is 41.3 Å². The number of sulfonamides is 1. The number of hydrogen-bond donors (Lipinski definition) is 2. The normalized spacial score (nSPS) is 11.1. The third-order valence-corrected chi connectivity index (χ3v) is 4.69. The summed E-state index contributed by atoms with van der Waals surface area (Å²) in [4.78, 5) is 13.9. The number of halogens is 1. The minimum atomic E-state index is -3.88. The van der Waals surface area contributed by atoms with Crippen molar-refractivity contribution in [2.75, 3.05) is 30.9 Å². The number of nitrogens with zero attached hydrogens (tertiary/aromatic N) is 1. The first-order valence-electron chi connectivity index (χ1n) is 7.61. The van der Waals surface area contributed by atoms with Crippen molar-refractivity contribution >= 4 is 38.9 Å². The molecule has 0 spiro atoms. The van der Waals surface area contributed by atoms with Crippen LogP contribution < -0.4 is 20.1 Å². The molecule has 2 aromatic carbocycles. The number of rotatable bonds is 6. The van der Waals surface area contributed by atoms with E-state index in [-0.39, 0.29) is 11.5 Å². The second kappa shape index (κ2) is 7.94. The number of nitrogens with two attached hydrogens (primary N) is 1. The lowest BCUT2D eigenvalue weighted by Crippen LogP contribution is -2.23. The first-order chi connectivity index (χ1) is 12.1. The minimum absolute atomic E-state index is 0.0899. The van der Waals surface area contributed by atoms with E-state index in [9.17, 15) is 13.2 Å². The fourth-order valence-electron chi connectivity index (χ4n) is 2.29. The number of aryl methyl sites for hydroxylation is 1. The molecule has 140 valence electrons. The Bertz CT molecular complexity index is 930. The molecule has 0 fully saturated rings. The SMILES string of the molecule is Cc1cc(Cl)ccc1OCC(=O)Nc1cc(S(N)(=O)=O)ccc1N(C)C. The lowest BCUT2D eigenvalue weighted by atomic mass is 10.2. The van der Waals surface area contributed by atoms with Gasteiger partial charge in [-0.15, -0.1) is 0 Å². The van der Waals surface area contributed by atoms with E-state index in [1.165, 1.54) is 12.1 Å². The van der Waals surface area contributed by atoms with E-state index in [1.54, 1.807) is 43.3 Å². The Hall–Kier alpha value is -2.29. The maximum atomic E-state index is 12.2. The predicted octanol–water partition coefficient (Wildman–Crippen LogP) is 2.38. The van der Waals surface area contributed by atoms with Gasteiger partial charge in [0.1, 0.15) is 5.75 Å². The van der Waals surface area contributed by atoms with E-state index in [2.05, 4.69) is 5.32 Å². The van der Waals surface area contributed by atoms with Gasteiger partial charge in [0, 0.05) is 19.1 Å². The van der Waals surface area contributed by atoms with Crippen LogP contribution in [-0.2, 0) is 14.8 Å². The molecule has 0 saturated heterocycles. The first-order valence-corrected chi connectivity index (χ1v) is 9.53. The zero-order valence-corrected chi connectivity index (χ0v) is 16.2. The molecule has 0 bridgehead atoms. The molecule has 0 saturated carbocycles. The van der Waals surface area contributed by atoms with Gasteiger partial charge in [-0.2, -0.15) is 0 Å². The van der Waals surface area contributed by atoms with Crippen LogP contribution in [0.5, 0.6) is 5.75 Å². The van der Waals surface area contributed by atoms with Crippen LogP contribution in [0.25, 0.3) is 0 Å². The van der Waals surface area contributed by atoms with Crippen molar-refractivity contribution in [3.8, 4) is 5.75 Å². The molecule has 3 N–H and O–H groups in total. The molecular formula is C17H20ClN3O4S. The van der Waals surface area contributed by atoms with Crippen molar-refractivity contribution in [3.05, 3.63) is 47.0 Å². The number of benzene rings is 2. The monoisotopic (exact) mass is 397 g/mol. The number of amides is 1. The Morgan fingerprint density at radius 2 is 1.92 bits per heavy atom. The molecule has 1 amide bonds. The molecule has 2 aromatic rings. The Morgan fingerprint density at radius 3 is 2.50 bits per heavy atom. The molecule has 0 unspecified atom stereocenters. The summed E-state index contributed by atoms with van der Waals surface area (Å²) in [6.45, 7) is 1.58. The second-order valence-electron chi connectivity index (χ2n) is 5.87. The molecule has 0 aliphatic carbocycles. The lowest BCUT2D eigenvalue weighted by Gasteiger charge is -2.19. The molecule has 0 atom stereocenters. The number of hydrogen-bond acceptors (Lipinski definition) is 5. The van der Waals surface area contributed by atoms with Crippen molar-refractivity contribution in [3.63, 3.8) is 0 Å². The molecule has 26 heavy (non-hydrogen) atoms.